The van der Waals surface area contributed by atoms with Gasteiger partial charge >= 0.3 is 18.8 Å². The molecule has 1 aromatic rings. The molecule has 22 heavy (non-hydrogen) atoms. The largest absolute Gasteiger partial charge is 0.417 e. The summed E-state index contributed by atoms with van der Waals surface area (Å²) in [6.07, 6.45) is -3.24. The molecule has 0 unspecified atom stereocenters. The second-order valence-electron chi connectivity index (χ2n) is 4.70. The normalized spacial score (nSPS) is 20.6. The summed E-state index contributed by atoms with van der Waals surface area (Å²) in [5.74, 6) is -1.82. The van der Waals surface area contributed by atoms with Gasteiger partial charge in [-0.2, -0.15) is 22.0 Å². The molecule has 1 saturated carbocycles. The maximum absolute atomic E-state index is 12.3. The first kappa shape index (κ1) is 16.2. The SMILES string of the molecule is O=C(NCc1ccnc(OC(F)F)c1)N[C@@H]1C[C@H]1C(F)(F)F. The minimum absolute atomic E-state index is 0.0582. The fourth-order valence-corrected chi connectivity index (χ4v) is 1.83. The van der Waals surface area contributed by atoms with E-state index in [4.69, 9.17) is 0 Å². The van der Waals surface area contributed by atoms with Gasteiger partial charge in [0, 0.05) is 24.8 Å². The van der Waals surface area contributed by atoms with Crippen LogP contribution in [0.25, 0.3) is 0 Å². The van der Waals surface area contributed by atoms with Gasteiger partial charge in [-0.05, 0) is 18.1 Å². The van der Waals surface area contributed by atoms with Gasteiger partial charge in [0.25, 0.3) is 0 Å². The summed E-state index contributed by atoms with van der Waals surface area (Å²) in [5.41, 5.74) is 0.420. The number of halogens is 5. The van der Waals surface area contributed by atoms with E-state index in [2.05, 4.69) is 20.4 Å². The quantitative estimate of drug-likeness (QED) is 0.818. The van der Waals surface area contributed by atoms with Crippen molar-refractivity contribution in [3.8, 4) is 5.88 Å². The summed E-state index contributed by atoms with van der Waals surface area (Å²) in [6, 6.07) is 0.969. The van der Waals surface area contributed by atoms with Gasteiger partial charge in [0.2, 0.25) is 5.88 Å². The van der Waals surface area contributed by atoms with Crippen molar-refractivity contribution in [2.45, 2.75) is 31.8 Å². The lowest BCUT2D eigenvalue weighted by Gasteiger charge is -2.09. The molecule has 10 heteroatoms. The molecule has 0 bridgehead atoms. The second-order valence-corrected chi connectivity index (χ2v) is 4.70. The highest BCUT2D eigenvalue weighted by molar-refractivity contribution is 5.74. The number of nitrogens with one attached hydrogen (secondary N) is 2. The number of nitrogens with zero attached hydrogens (tertiary/aromatic N) is 1. The lowest BCUT2D eigenvalue weighted by molar-refractivity contribution is -0.148. The Hall–Kier alpha value is -2.13. The van der Waals surface area contributed by atoms with E-state index in [1.807, 2.05) is 0 Å². The van der Waals surface area contributed by atoms with Crippen molar-refractivity contribution in [1.29, 1.82) is 0 Å². The number of ether oxygens (including phenoxy) is 1. The first-order chi connectivity index (χ1) is 10.3. The number of alkyl halides is 5. The lowest BCUT2D eigenvalue weighted by atomic mass is 10.2. The molecule has 1 heterocycles. The third kappa shape index (κ3) is 4.71. The summed E-state index contributed by atoms with van der Waals surface area (Å²) >= 11 is 0. The number of hydrogen-bond acceptors (Lipinski definition) is 3. The highest BCUT2D eigenvalue weighted by Gasteiger charge is 2.56. The zero-order valence-electron chi connectivity index (χ0n) is 11.0. The van der Waals surface area contributed by atoms with Crippen LogP contribution in [0, 0.1) is 5.92 Å². The zero-order valence-corrected chi connectivity index (χ0v) is 11.0. The highest BCUT2D eigenvalue weighted by atomic mass is 19.4. The van der Waals surface area contributed by atoms with E-state index in [0.29, 0.717) is 5.56 Å². The summed E-state index contributed by atoms with van der Waals surface area (Å²) in [6.45, 7) is -3.08. The average Bonchev–Trinajstić information content (AvgIpc) is 3.15. The van der Waals surface area contributed by atoms with Crippen molar-refractivity contribution >= 4 is 6.03 Å². The van der Waals surface area contributed by atoms with Gasteiger partial charge < -0.3 is 15.4 Å². The number of urea groups is 1. The standard InChI is InChI=1S/C12H12F5N3O2/c13-10(14)22-9-3-6(1-2-18-9)5-19-11(21)20-8-4-7(8)12(15,16)17/h1-3,7-8,10H,4-5H2,(H2,19,20,21)/t7-,8-/m1/s1. The Morgan fingerprint density at radius 2 is 2.18 bits per heavy atom. The van der Waals surface area contributed by atoms with Crippen LogP contribution in [0.15, 0.2) is 18.3 Å². The molecule has 0 spiro atoms. The smallest absolute Gasteiger partial charge is 0.393 e. The van der Waals surface area contributed by atoms with Crippen LogP contribution in [0.1, 0.15) is 12.0 Å². The Morgan fingerprint density at radius 3 is 2.77 bits per heavy atom. The van der Waals surface area contributed by atoms with Gasteiger partial charge in [0.1, 0.15) is 0 Å². The van der Waals surface area contributed by atoms with Crippen LogP contribution in [-0.4, -0.2) is 29.8 Å². The lowest BCUT2D eigenvalue weighted by Crippen LogP contribution is -2.38. The molecular formula is C12H12F5N3O2. The molecule has 1 aromatic heterocycles. The molecule has 1 fully saturated rings. The van der Waals surface area contributed by atoms with Crippen LogP contribution >= 0.6 is 0 Å². The number of carbonyl (C=O) groups excluding carboxylic acids is 1. The van der Waals surface area contributed by atoms with E-state index in [1.54, 1.807) is 0 Å². The van der Waals surface area contributed by atoms with E-state index in [1.165, 1.54) is 18.3 Å². The van der Waals surface area contributed by atoms with Crippen LogP contribution < -0.4 is 15.4 Å². The number of hydrogen-bond donors (Lipinski definition) is 2. The topological polar surface area (TPSA) is 63.2 Å². The van der Waals surface area contributed by atoms with E-state index < -0.39 is 30.8 Å². The average molecular weight is 325 g/mol. The van der Waals surface area contributed by atoms with Gasteiger partial charge in [-0.25, -0.2) is 9.78 Å². The summed E-state index contributed by atoms with van der Waals surface area (Å²) in [5, 5.41) is 4.53. The molecule has 2 amide bonds. The highest BCUT2D eigenvalue weighted by Crippen LogP contribution is 2.44. The van der Waals surface area contributed by atoms with E-state index in [0.717, 1.165) is 0 Å². The van der Waals surface area contributed by atoms with Gasteiger partial charge in [0.15, 0.2) is 0 Å². The van der Waals surface area contributed by atoms with E-state index in [9.17, 15) is 26.7 Å². The van der Waals surface area contributed by atoms with Crippen molar-refractivity contribution in [3.05, 3.63) is 23.9 Å². The van der Waals surface area contributed by atoms with Gasteiger partial charge in [-0.3, -0.25) is 0 Å². The molecule has 2 N–H and O–H groups in total. The number of rotatable bonds is 5. The maximum Gasteiger partial charge on any atom is 0.393 e. The Kier molecular flexibility index (Phi) is 4.67. The number of carbonyl (C=O) groups is 1. The zero-order chi connectivity index (χ0) is 16.3. The number of aromatic nitrogens is 1. The van der Waals surface area contributed by atoms with Crippen LogP contribution in [0.4, 0.5) is 26.7 Å². The van der Waals surface area contributed by atoms with Crippen molar-refractivity contribution in [1.82, 2.24) is 15.6 Å². The summed E-state index contributed by atoms with van der Waals surface area (Å²) in [7, 11) is 0. The van der Waals surface area contributed by atoms with Gasteiger partial charge in [-0.1, -0.05) is 0 Å². The molecule has 1 aliphatic carbocycles. The summed E-state index contributed by atoms with van der Waals surface area (Å²) < 4.78 is 65.0. The summed E-state index contributed by atoms with van der Waals surface area (Å²) in [4.78, 5) is 15.0. The molecule has 2 rings (SSSR count). The van der Waals surface area contributed by atoms with Crippen molar-refractivity contribution in [2.24, 2.45) is 5.92 Å². The first-order valence-electron chi connectivity index (χ1n) is 6.26. The van der Waals surface area contributed by atoms with Gasteiger partial charge in [-0.15, -0.1) is 0 Å². The minimum Gasteiger partial charge on any atom is -0.417 e. The van der Waals surface area contributed by atoms with Crippen LogP contribution in [-0.2, 0) is 6.54 Å². The third-order valence-electron chi connectivity index (χ3n) is 2.99. The molecule has 0 aromatic carbocycles. The van der Waals surface area contributed by atoms with Crippen LogP contribution in [0.3, 0.4) is 0 Å². The molecular weight excluding hydrogens is 313 g/mol. The molecule has 122 valence electrons. The Bertz CT molecular complexity index is 538. The van der Waals surface area contributed by atoms with Gasteiger partial charge in [0.05, 0.1) is 5.92 Å². The maximum atomic E-state index is 12.3. The molecule has 2 atom stereocenters. The monoisotopic (exact) mass is 325 g/mol. The third-order valence-corrected chi connectivity index (χ3v) is 2.99. The van der Waals surface area contributed by atoms with Crippen LogP contribution in [0.5, 0.6) is 5.88 Å². The first-order valence-corrected chi connectivity index (χ1v) is 6.26. The van der Waals surface area contributed by atoms with Crippen molar-refractivity contribution in [3.63, 3.8) is 0 Å². The molecule has 0 radical (unpaired) electrons. The van der Waals surface area contributed by atoms with Crippen LogP contribution in [0.2, 0.25) is 0 Å². The molecule has 0 saturated heterocycles. The minimum atomic E-state index is -4.31. The Labute approximate surface area is 121 Å². The molecule has 1 aliphatic rings. The fourth-order valence-electron chi connectivity index (χ4n) is 1.83. The number of amides is 2. The molecule has 5 nitrogen and oxygen atoms in total. The fraction of sp³-hybridized carbons (Fsp3) is 0.500. The second kappa shape index (κ2) is 6.32. The predicted octanol–water partition coefficient (Wildman–Crippen LogP) is 2.43. The number of pyridine rings is 1. The van der Waals surface area contributed by atoms with Crippen molar-refractivity contribution in [2.75, 3.05) is 0 Å². The Morgan fingerprint density at radius 1 is 1.45 bits per heavy atom. The molecule has 0 aliphatic heterocycles. The predicted molar refractivity (Wildman–Crippen MR) is 64.2 cm³/mol. The van der Waals surface area contributed by atoms with E-state index >= 15 is 0 Å². The Balaban J connectivity index is 1.77. The van der Waals surface area contributed by atoms with Crippen molar-refractivity contribution < 1.29 is 31.5 Å². The van der Waals surface area contributed by atoms with E-state index in [-0.39, 0.29) is 18.8 Å².